The number of amides is 2. The summed E-state index contributed by atoms with van der Waals surface area (Å²) in [4.78, 5) is 37.2. The second-order valence-corrected chi connectivity index (χ2v) is 19.7. The molecule has 21 nitrogen and oxygen atoms in total. The van der Waals surface area contributed by atoms with Gasteiger partial charge in [0.25, 0.3) is 0 Å². The maximum Gasteiger partial charge on any atom is 0.323 e. The fourth-order valence-electron chi connectivity index (χ4n) is 6.86. The lowest BCUT2D eigenvalue weighted by molar-refractivity contribution is 0.105. The number of rotatable bonds is 10. The maximum atomic E-state index is 13.5. The Balaban J connectivity index is 0.987. The number of fused-ring (bicyclic) bond motifs is 4. The van der Waals surface area contributed by atoms with Gasteiger partial charge in [0, 0.05) is 22.5 Å². The predicted molar refractivity (Wildman–Crippen MR) is 235 cm³/mol. The first-order valence-electron chi connectivity index (χ1n) is 18.4. The summed E-state index contributed by atoms with van der Waals surface area (Å²) in [7, 11) is -20.1. The zero-order valence-corrected chi connectivity index (χ0v) is 36.0. The number of Topliss-reactive ketones (excluding diaryl/α,β-unsaturated/α-hetero) is 2. The van der Waals surface area contributed by atoms with E-state index in [9.17, 15) is 66.3 Å². The molecule has 336 valence electrons. The van der Waals surface area contributed by atoms with Crippen LogP contribution >= 0.6 is 0 Å². The summed E-state index contributed by atoms with van der Waals surface area (Å²) in [5, 5.41) is 14.4. The molecule has 0 fully saturated rings. The number of nitrogens with one attached hydrogen (secondary N) is 4. The number of benzene rings is 6. The fourth-order valence-corrected chi connectivity index (χ4v) is 9.16. The van der Waals surface area contributed by atoms with Gasteiger partial charge in [-0.05, 0) is 130 Å². The monoisotopic (exact) mass is 968 g/mol. The molecule has 4 N–H and O–H groups in total. The predicted octanol–water partition coefficient (Wildman–Crippen LogP) is 4.55. The average molecular weight is 969 g/mol. The van der Waals surface area contributed by atoms with Crippen LogP contribution in [0.1, 0.15) is 31.8 Å². The number of carbonyl (C=O) groups is 3. The second-order valence-electron chi connectivity index (χ2n) is 14.3. The lowest BCUT2D eigenvalue weighted by atomic mass is 9.94. The van der Waals surface area contributed by atoms with E-state index in [0.717, 1.165) is 36.4 Å². The fraction of sp³-hybridized carbons (Fsp3) is 0. The summed E-state index contributed by atoms with van der Waals surface area (Å²) in [5.74, 6) is -1.94. The van der Waals surface area contributed by atoms with Crippen LogP contribution in [-0.4, -0.2) is 80.9 Å². The molecule has 66 heavy (non-hydrogen) atoms. The van der Waals surface area contributed by atoms with Gasteiger partial charge in [-0.15, -0.1) is 0 Å². The van der Waals surface area contributed by atoms with Crippen molar-refractivity contribution in [2.45, 2.75) is 9.79 Å². The number of hydrogen-bond donors (Lipinski definition) is 4. The Bertz CT molecular complexity index is 3530. The highest BCUT2D eigenvalue weighted by Crippen LogP contribution is 2.31. The number of nitrogens with zero attached hydrogens (tertiary/aromatic N) is 2. The number of hydrazone groups is 2. The molecule has 0 heterocycles. The van der Waals surface area contributed by atoms with Crippen molar-refractivity contribution in [1.29, 1.82) is 0 Å². The Morgan fingerprint density at radius 2 is 0.773 bits per heavy atom. The van der Waals surface area contributed by atoms with Crippen LogP contribution in [-0.2, 0) is 40.5 Å². The maximum absolute atomic E-state index is 13.5. The van der Waals surface area contributed by atoms with E-state index in [-0.39, 0.29) is 45.0 Å². The molecule has 0 aliphatic heterocycles. The van der Waals surface area contributed by atoms with Gasteiger partial charge >= 0.3 is 6.03 Å². The van der Waals surface area contributed by atoms with E-state index in [1.807, 2.05) is 0 Å². The molecule has 0 bridgehead atoms. The molecule has 2 aliphatic rings. The van der Waals surface area contributed by atoms with Crippen molar-refractivity contribution >= 4 is 126 Å². The molecule has 6 aromatic rings. The van der Waals surface area contributed by atoms with E-state index in [0.29, 0.717) is 21.5 Å². The molecule has 8 rings (SSSR count). The summed E-state index contributed by atoms with van der Waals surface area (Å²) >= 11 is 0. The average Bonchev–Trinajstić information content (AvgIpc) is 3.23. The third kappa shape index (κ3) is 9.34. The molecule has 2 amide bonds. The van der Waals surface area contributed by atoms with Crippen LogP contribution in [0, 0.1) is 0 Å². The van der Waals surface area contributed by atoms with Crippen LogP contribution in [0.2, 0.25) is 0 Å². The Hall–Kier alpha value is -7.49. The van der Waals surface area contributed by atoms with Gasteiger partial charge in [0.15, 0.2) is 0 Å². The Morgan fingerprint density at radius 1 is 0.424 bits per heavy atom. The van der Waals surface area contributed by atoms with Gasteiger partial charge in [-0.3, -0.25) is 20.4 Å². The molecule has 25 heteroatoms. The Morgan fingerprint density at radius 3 is 1.14 bits per heavy atom. The van der Waals surface area contributed by atoms with E-state index in [4.69, 9.17) is 0 Å². The molecule has 6 aromatic carbocycles. The molecule has 0 spiro atoms. The lowest BCUT2D eigenvalue weighted by Crippen LogP contribution is -2.28. The zero-order valence-electron chi connectivity index (χ0n) is 32.7. The first-order valence-corrected chi connectivity index (χ1v) is 24.0. The highest BCUT2D eigenvalue weighted by molar-refractivity contribution is 7.91. The topological polar surface area (TPSA) is 353 Å². The minimum Gasteiger partial charge on any atom is -0.744 e. The van der Waals surface area contributed by atoms with Crippen molar-refractivity contribution in [2.24, 2.45) is 10.2 Å². The van der Waals surface area contributed by atoms with Crippen molar-refractivity contribution in [3.8, 4) is 0 Å². The van der Waals surface area contributed by atoms with Gasteiger partial charge in [0.05, 0.1) is 31.0 Å². The first-order chi connectivity index (χ1) is 30.9. The Labute approximate surface area is 373 Å². The summed E-state index contributed by atoms with van der Waals surface area (Å²) in [6.45, 7) is 0. The first kappa shape index (κ1) is 45.1. The number of anilines is 4. The highest BCUT2D eigenvalue weighted by atomic mass is 32.2. The van der Waals surface area contributed by atoms with Crippen LogP contribution in [0.15, 0.2) is 139 Å². The van der Waals surface area contributed by atoms with Crippen LogP contribution in [0.4, 0.5) is 27.5 Å². The molecule has 0 saturated heterocycles. The van der Waals surface area contributed by atoms with Crippen molar-refractivity contribution in [3.63, 3.8) is 0 Å². The lowest BCUT2D eigenvalue weighted by Gasteiger charge is -2.21. The number of urea groups is 1. The van der Waals surface area contributed by atoms with Gasteiger partial charge in [0.1, 0.15) is 51.9 Å². The van der Waals surface area contributed by atoms with Crippen LogP contribution < -0.4 is 21.5 Å². The van der Waals surface area contributed by atoms with E-state index < -0.39 is 89.1 Å². The van der Waals surface area contributed by atoms with Crippen molar-refractivity contribution in [1.82, 2.24) is 0 Å². The summed E-state index contributed by atoms with van der Waals surface area (Å²) in [6, 6.07) is 22.3. The van der Waals surface area contributed by atoms with E-state index in [1.54, 1.807) is 0 Å². The van der Waals surface area contributed by atoms with E-state index in [1.165, 1.54) is 84.9 Å². The van der Waals surface area contributed by atoms with Crippen LogP contribution in [0.3, 0.4) is 0 Å². The minimum atomic E-state index is -5.33. The van der Waals surface area contributed by atoms with Crippen molar-refractivity contribution in [2.75, 3.05) is 21.5 Å². The number of carbonyl (C=O) groups excluding carboxylic acids is 3. The van der Waals surface area contributed by atoms with Crippen LogP contribution in [0.5, 0.6) is 0 Å². The number of allylic oxidation sites excluding steroid dienone is 2. The third-order valence-corrected chi connectivity index (χ3v) is 13.3. The smallest absolute Gasteiger partial charge is 0.323 e. The summed E-state index contributed by atoms with van der Waals surface area (Å²) in [6.07, 6.45) is 1.78. The van der Waals surface area contributed by atoms with Gasteiger partial charge in [0.2, 0.25) is 11.6 Å². The molecule has 0 saturated carbocycles. The van der Waals surface area contributed by atoms with Crippen molar-refractivity contribution in [3.05, 3.63) is 141 Å². The quantitative estimate of drug-likeness (QED) is 0.108. The van der Waals surface area contributed by atoms with Gasteiger partial charge < -0.3 is 28.8 Å². The molecule has 0 atom stereocenters. The molecular formula is C41H24N6O15S4-4. The molecule has 0 radical (unpaired) electrons. The van der Waals surface area contributed by atoms with E-state index >= 15 is 0 Å². The molecule has 2 aliphatic carbocycles. The number of hydrogen-bond acceptors (Lipinski definition) is 19. The third-order valence-electron chi connectivity index (χ3n) is 9.91. The van der Waals surface area contributed by atoms with Gasteiger partial charge in [-0.1, -0.05) is 24.3 Å². The zero-order chi connectivity index (χ0) is 47.5. The Kier molecular flexibility index (Phi) is 11.3. The highest BCUT2D eigenvalue weighted by Gasteiger charge is 2.31. The molecule has 0 unspecified atom stereocenters. The normalized spacial score (nSPS) is 15.5. The number of ketones is 2. The van der Waals surface area contributed by atoms with Crippen LogP contribution in [0.25, 0.3) is 33.7 Å². The summed E-state index contributed by atoms with van der Waals surface area (Å²) < 4.78 is 142. The van der Waals surface area contributed by atoms with Gasteiger partial charge in [-0.25, -0.2) is 38.5 Å². The molecule has 0 aromatic heterocycles. The summed E-state index contributed by atoms with van der Waals surface area (Å²) in [5.41, 5.74) is 3.57. The minimum absolute atomic E-state index is 0.00764. The standard InChI is InChI=1S/C41H28N6O15S4/c48-39-33-11-7-27(15-25(33)19-35(65(57,58)59)37(39)46-44-29-5-1-23-17-31(63(51,52)53)9-3-21(23)13-29)42-41(50)43-28-8-12-34-26(16-28)20-36(66(60,61)62)38(40(34)49)47-45-30-6-2-24-18-32(64(54,55)56)10-4-22(24)14-30/h1-20,44-45H,(H2,42,43,50)(H,51,52,53)(H,54,55,56)(H,57,58,59)(H,60,61,62)/p-4/b46-37+,47-38+. The largest absolute Gasteiger partial charge is 0.744 e. The van der Waals surface area contributed by atoms with E-state index in [2.05, 4.69) is 31.7 Å². The van der Waals surface area contributed by atoms with Gasteiger partial charge in [-0.2, -0.15) is 10.2 Å². The SMILES string of the molecule is O=C(Nc1ccc2c(c1)C=C(S(=O)(=O)[O-])/C(=N\Nc1ccc3cc(S(=O)(=O)[O-])ccc3c1)C2=O)Nc1ccc2c(c1)C=C(S(=O)(=O)[O-])/C(=N\Nc1ccc3cc(S(=O)(=O)[O-])ccc3c1)C2=O. The molecular weight excluding hydrogens is 945 g/mol. The van der Waals surface area contributed by atoms with Crippen molar-refractivity contribution < 1.29 is 66.3 Å². The second kappa shape index (κ2) is 16.5.